The zero-order valence-electron chi connectivity index (χ0n) is 19.0. The summed E-state index contributed by atoms with van der Waals surface area (Å²) in [7, 11) is 0. The molecule has 2 N–H and O–H groups in total. The molecule has 196 valence electrons. The number of nitrogens with one attached hydrogen (secondary N) is 1. The largest absolute Gasteiger partial charge is 0.469 e. The van der Waals surface area contributed by atoms with Crippen LogP contribution in [0.25, 0.3) is 20.7 Å². The number of fused-ring (bicyclic) bond motifs is 1. The van der Waals surface area contributed by atoms with Crippen molar-refractivity contribution < 1.29 is 23.0 Å². The first-order valence-corrected chi connectivity index (χ1v) is 12.5. The third-order valence-corrected chi connectivity index (χ3v) is 7.94. The molecule has 0 radical (unpaired) electrons. The summed E-state index contributed by atoms with van der Waals surface area (Å²) in [6.07, 6.45) is -6.79. The number of aliphatic hydroxyl groups excluding tert-OH is 1. The monoisotopic (exact) mass is 593 g/mol. The lowest BCUT2D eigenvalue weighted by molar-refractivity contribution is -0.207. The van der Waals surface area contributed by atoms with Crippen LogP contribution in [-0.2, 0) is 6.54 Å². The Morgan fingerprint density at radius 3 is 2.49 bits per heavy atom. The number of ether oxygens (including phenoxy) is 1. The van der Waals surface area contributed by atoms with Gasteiger partial charge in [0.15, 0.2) is 6.10 Å². The Bertz CT molecular complexity index is 1620. The highest BCUT2D eigenvalue weighted by atomic mass is 35.5. The van der Waals surface area contributed by atoms with Crippen molar-refractivity contribution in [1.82, 2.24) is 14.5 Å². The molecule has 0 bridgehead atoms. The molecule has 0 saturated carbocycles. The summed E-state index contributed by atoms with van der Waals surface area (Å²) in [5.74, 6) is 0.116. The predicted octanol–water partition coefficient (Wildman–Crippen LogP) is 6.15. The molecule has 3 heterocycles. The Morgan fingerprint density at radius 2 is 1.86 bits per heavy atom. The Kier molecular flexibility index (Phi) is 7.64. The summed E-state index contributed by atoms with van der Waals surface area (Å²) >= 11 is 19.3. The SMILES string of the molecule is Cc1c(-c2cnc(OC(C)c3ccc(Cl)c(Cl)c3)c(Cl)c2)sc2c1c(=O)[nH]c(=O)n2C[C@@H](O)C(F)(F)F. The average Bonchev–Trinajstić information content (AvgIpc) is 3.16. The number of pyridine rings is 1. The predicted molar refractivity (Wildman–Crippen MR) is 137 cm³/mol. The van der Waals surface area contributed by atoms with Crippen LogP contribution in [0.5, 0.6) is 5.88 Å². The Labute approximate surface area is 226 Å². The van der Waals surface area contributed by atoms with Crippen molar-refractivity contribution in [2.45, 2.75) is 38.8 Å². The number of rotatable bonds is 6. The molecule has 0 aliphatic rings. The van der Waals surface area contributed by atoms with Crippen LogP contribution in [0.2, 0.25) is 15.1 Å². The molecule has 0 fully saturated rings. The maximum absolute atomic E-state index is 12.9. The van der Waals surface area contributed by atoms with Gasteiger partial charge in [-0.3, -0.25) is 14.3 Å². The van der Waals surface area contributed by atoms with Crippen LogP contribution in [0.4, 0.5) is 13.2 Å². The molecule has 7 nitrogen and oxygen atoms in total. The van der Waals surface area contributed by atoms with Gasteiger partial charge < -0.3 is 9.84 Å². The lowest BCUT2D eigenvalue weighted by Gasteiger charge is -2.16. The summed E-state index contributed by atoms with van der Waals surface area (Å²) in [6, 6.07) is 6.57. The van der Waals surface area contributed by atoms with Crippen molar-refractivity contribution >= 4 is 56.4 Å². The maximum atomic E-state index is 12.9. The third-order valence-electron chi connectivity index (χ3n) is 5.57. The highest BCUT2D eigenvalue weighted by Gasteiger charge is 2.39. The number of aryl methyl sites for hydroxylation is 1. The molecule has 1 aromatic carbocycles. The van der Waals surface area contributed by atoms with E-state index in [1.165, 1.54) is 12.3 Å². The first kappa shape index (κ1) is 27.5. The standard InChI is InChI=1S/C23H17Cl3F3N3O4S/c1-9-17-19(34)31-22(35)32(8-16(33)23(27,28)29)21(17)37-18(9)12-6-15(26)20(30-7-12)36-10(2)11-3-4-13(24)14(25)5-11/h3-7,10,16,33H,8H2,1-2H3,(H,31,34,35)/t10?,16-/m1/s1. The maximum Gasteiger partial charge on any atom is 0.416 e. The summed E-state index contributed by atoms with van der Waals surface area (Å²) in [6.45, 7) is 2.28. The van der Waals surface area contributed by atoms with Gasteiger partial charge in [0.1, 0.15) is 16.0 Å². The van der Waals surface area contributed by atoms with E-state index < -0.39 is 36.2 Å². The molecule has 1 unspecified atom stereocenters. The number of H-pyrrole nitrogens is 1. The van der Waals surface area contributed by atoms with Crippen molar-refractivity contribution in [3.8, 4) is 16.3 Å². The highest BCUT2D eigenvalue weighted by Crippen LogP contribution is 2.39. The van der Waals surface area contributed by atoms with Gasteiger partial charge in [0.25, 0.3) is 5.56 Å². The van der Waals surface area contributed by atoms with Crippen LogP contribution in [0.1, 0.15) is 24.2 Å². The minimum atomic E-state index is -4.95. The van der Waals surface area contributed by atoms with E-state index in [-0.39, 0.29) is 21.1 Å². The fourth-order valence-corrected chi connectivity index (χ4v) is 5.44. The van der Waals surface area contributed by atoms with Gasteiger partial charge >= 0.3 is 11.9 Å². The minimum Gasteiger partial charge on any atom is -0.469 e. The number of thiophene rings is 1. The lowest BCUT2D eigenvalue weighted by atomic mass is 10.1. The topological polar surface area (TPSA) is 97.2 Å². The van der Waals surface area contributed by atoms with Crippen LogP contribution in [0, 0.1) is 6.92 Å². The van der Waals surface area contributed by atoms with Gasteiger partial charge in [-0.2, -0.15) is 13.2 Å². The molecule has 0 aliphatic carbocycles. The minimum absolute atomic E-state index is 0.0192. The number of nitrogens with zero attached hydrogens (tertiary/aromatic N) is 2. The molecule has 4 rings (SSSR count). The van der Waals surface area contributed by atoms with E-state index in [0.29, 0.717) is 30.6 Å². The van der Waals surface area contributed by atoms with Gasteiger partial charge in [-0.1, -0.05) is 40.9 Å². The van der Waals surface area contributed by atoms with Crippen molar-refractivity contribution in [2.75, 3.05) is 0 Å². The summed E-state index contributed by atoms with van der Waals surface area (Å²) in [5.41, 5.74) is -0.229. The summed E-state index contributed by atoms with van der Waals surface area (Å²) in [4.78, 5) is 31.5. The fraction of sp³-hybridized carbons (Fsp3) is 0.261. The number of benzene rings is 1. The molecular formula is C23H17Cl3F3N3O4S. The zero-order valence-corrected chi connectivity index (χ0v) is 22.1. The van der Waals surface area contributed by atoms with Crippen LogP contribution in [0.3, 0.4) is 0 Å². The van der Waals surface area contributed by atoms with E-state index in [1.807, 2.05) is 4.98 Å². The molecule has 37 heavy (non-hydrogen) atoms. The van der Waals surface area contributed by atoms with E-state index in [4.69, 9.17) is 39.5 Å². The van der Waals surface area contributed by atoms with Crippen molar-refractivity contribution in [3.05, 3.63) is 77.5 Å². The van der Waals surface area contributed by atoms with Crippen molar-refractivity contribution in [2.24, 2.45) is 0 Å². The number of hydrogen-bond donors (Lipinski definition) is 2. The third kappa shape index (κ3) is 5.51. The molecule has 14 heteroatoms. The molecule has 2 atom stereocenters. The molecular weight excluding hydrogens is 578 g/mol. The number of aromatic nitrogens is 3. The smallest absolute Gasteiger partial charge is 0.416 e. The first-order valence-electron chi connectivity index (χ1n) is 10.6. The normalized spacial score (nSPS) is 13.6. The van der Waals surface area contributed by atoms with Gasteiger partial charge in [-0.15, -0.1) is 11.3 Å². The Balaban J connectivity index is 1.71. The van der Waals surface area contributed by atoms with Gasteiger partial charge in [0, 0.05) is 16.6 Å². The fourth-order valence-electron chi connectivity index (χ4n) is 3.63. The zero-order chi connectivity index (χ0) is 27.2. The van der Waals surface area contributed by atoms with Gasteiger partial charge in [0.2, 0.25) is 5.88 Å². The first-order chi connectivity index (χ1) is 17.3. The van der Waals surface area contributed by atoms with E-state index in [9.17, 15) is 27.9 Å². The molecule has 0 saturated heterocycles. The number of hydrogen-bond acceptors (Lipinski definition) is 6. The van der Waals surface area contributed by atoms with Gasteiger partial charge in [-0.05, 0) is 43.2 Å². The summed E-state index contributed by atoms with van der Waals surface area (Å²) < 4.78 is 45.4. The van der Waals surface area contributed by atoms with Crippen molar-refractivity contribution in [3.63, 3.8) is 0 Å². The van der Waals surface area contributed by atoms with E-state index in [2.05, 4.69) is 4.98 Å². The average molecular weight is 595 g/mol. The summed E-state index contributed by atoms with van der Waals surface area (Å²) in [5, 5.41) is 10.4. The number of alkyl halides is 3. The highest BCUT2D eigenvalue weighted by molar-refractivity contribution is 7.22. The number of aromatic amines is 1. The van der Waals surface area contributed by atoms with Gasteiger partial charge in [-0.25, -0.2) is 9.78 Å². The number of aliphatic hydroxyl groups is 1. The van der Waals surface area contributed by atoms with Crippen LogP contribution in [0.15, 0.2) is 40.1 Å². The molecule has 0 amide bonds. The van der Waals surface area contributed by atoms with Gasteiger partial charge in [0.05, 0.1) is 22.0 Å². The molecule has 0 spiro atoms. The lowest BCUT2D eigenvalue weighted by Crippen LogP contribution is -2.38. The molecule has 3 aromatic heterocycles. The quantitative estimate of drug-likeness (QED) is 0.279. The van der Waals surface area contributed by atoms with E-state index in [1.54, 1.807) is 32.0 Å². The van der Waals surface area contributed by atoms with E-state index in [0.717, 1.165) is 16.9 Å². The number of halogens is 6. The van der Waals surface area contributed by atoms with Crippen molar-refractivity contribution in [1.29, 1.82) is 0 Å². The van der Waals surface area contributed by atoms with E-state index >= 15 is 0 Å². The van der Waals surface area contributed by atoms with Crippen LogP contribution < -0.4 is 16.0 Å². The van der Waals surface area contributed by atoms with Crippen LogP contribution >= 0.6 is 46.1 Å². The Morgan fingerprint density at radius 1 is 1.16 bits per heavy atom. The molecule has 0 aliphatic heterocycles. The Hall–Kier alpha value is -2.57. The second-order valence-corrected chi connectivity index (χ2v) is 10.3. The second-order valence-electron chi connectivity index (χ2n) is 8.11. The second kappa shape index (κ2) is 10.3. The van der Waals surface area contributed by atoms with Crippen LogP contribution in [-0.4, -0.2) is 31.9 Å². The molecule has 4 aromatic rings.